The molecule has 1 atom stereocenters. The topological polar surface area (TPSA) is 62.9 Å². The Morgan fingerprint density at radius 2 is 1.96 bits per heavy atom. The van der Waals surface area contributed by atoms with Gasteiger partial charge in [0, 0.05) is 37.1 Å². The van der Waals surface area contributed by atoms with Crippen LogP contribution in [0.2, 0.25) is 0 Å². The zero-order valence-corrected chi connectivity index (χ0v) is 18.6. The average Bonchev–Trinajstić information content (AvgIpc) is 3.08. The standard InChI is InChI=1S/C21H28N4O.HI/c1-15-9-16(2)11-18(10-15)24-21(22)23-13-17-7-8-25(14-17)19-5-4-6-20(12-19)26-3;/h4-6,9-12,17H,7-8,13-14H2,1-3H3,(H3,22,23,24);1H. The van der Waals surface area contributed by atoms with Crippen molar-refractivity contribution in [2.24, 2.45) is 16.6 Å². The summed E-state index contributed by atoms with van der Waals surface area (Å²) in [5, 5.41) is 3.20. The first-order valence-electron chi connectivity index (χ1n) is 9.08. The highest BCUT2D eigenvalue weighted by atomic mass is 127. The van der Waals surface area contributed by atoms with E-state index in [-0.39, 0.29) is 24.0 Å². The maximum atomic E-state index is 6.08. The van der Waals surface area contributed by atoms with E-state index >= 15 is 0 Å². The van der Waals surface area contributed by atoms with E-state index in [9.17, 15) is 0 Å². The molecule has 0 saturated carbocycles. The molecule has 0 spiro atoms. The van der Waals surface area contributed by atoms with Crippen LogP contribution in [0, 0.1) is 19.8 Å². The first-order chi connectivity index (χ1) is 12.5. The van der Waals surface area contributed by atoms with E-state index in [1.807, 2.05) is 12.1 Å². The summed E-state index contributed by atoms with van der Waals surface area (Å²) in [6.45, 7) is 6.93. The molecule has 1 heterocycles. The Hall–Kier alpha value is -1.96. The minimum absolute atomic E-state index is 0. The molecule has 1 aliphatic rings. The Labute approximate surface area is 179 Å². The molecule has 1 aliphatic heterocycles. The van der Waals surface area contributed by atoms with Gasteiger partial charge in [-0.2, -0.15) is 0 Å². The normalized spacial score (nSPS) is 16.8. The number of benzene rings is 2. The summed E-state index contributed by atoms with van der Waals surface area (Å²) >= 11 is 0. The van der Waals surface area contributed by atoms with Gasteiger partial charge >= 0.3 is 0 Å². The lowest BCUT2D eigenvalue weighted by molar-refractivity contribution is 0.415. The highest BCUT2D eigenvalue weighted by Crippen LogP contribution is 2.27. The molecule has 0 aromatic heterocycles. The molecule has 0 aliphatic carbocycles. The number of hydrogen-bond donors (Lipinski definition) is 2. The second-order valence-electron chi connectivity index (χ2n) is 7.03. The molecule has 1 saturated heterocycles. The average molecular weight is 480 g/mol. The van der Waals surface area contributed by atoms with E-state index < -0.39 is 0 Å². The van der Waals surface area contributed by atoms with E-state index in [1.165, 1.54) is 16.8 Å². The molecular formula is C21H29IN4O. The number of aryl methyl sites for hydroxylation is 2. The van der Waals surface area contributed by atoms with Crippen LogP contribution in [0.3, 0.4) is 0 Å². The molecule has 3 rings (SSSR count). The van der Waals surface area contributed by atoms with E-state index in [4.69, 9.17) is 10.5 Å². The van der Waals surface area contributed by atoms with Gasteiger partial charge < -0.3 is 20.7 Å². The fourth-order valence-electron chi connectivity index (χ4n) is 3.49. The predicted molar refractivity (Wildman–Crippen MR) is 125 cm³/mol. The molecule has 27 heavy (non-hydrogen) atoms. The predicted octanol–water partition coefficient (Wildman–Crippen LogP) is 4.18. The van der Waals surface area contributed by atoms with E-state index in [0.29, 0.717) is 11.9 Å². The van der Waals surface area contributed by atoms with Gasteiger partial charge in [0.15, 0.2) is 5.96 Å². The summed E-state index contributed by atoms with van der Waals surface area (Å²) in [6.07, 6.45) is 1.12. The fourth-order valence-corrected chi connectivity index (χ4v) is 3.49. The maximum absolute atomic E-state index is 6.08. The van der Waals surface area contributed by atoms with Crippen LogP contribution >= 0.6 is 24.0 Å². The third-order valence-corrected chi connectivity index (χ3v) is 4.72. The number of hydrogen-bond acceptors (Lipinski definition) is 3. The fraction of sp³-hybridized carbons (Fsp3) is 0.381. The number of aliphatic imine (C=N–C) groups is 1. The zero-order valence-electron chi connectivity index (χ0n) is 16.2. The van der Waals surface area contributed by atoms with Crippen LogP contribution < -0.4 is 20.7 Å². The van der Waals surface area contributed by atoms with Crippen molar-refractivity contribution in [2.75, 3.05) is 37.0 Å². The summed E-state index contributed by atoms with van der Waals surface area (Å²) < 4.78 is 5.32. The van der Waals surface area contributed by atoms with Crippen LogP contribution in [0.5, 0.6) is 5.75 Å². The van der Waals surface area contributed by atoms with Gasteiger partial charge in [0.1, 0.15) is 5.75 Å². The van der Waals surface area contributed by atoms with E-state index in [1.54, 1.807) is 7.11 Å². The molecule has 3 N–H and O–H groups in total. The smallest absolute Gasteiger partial charge is 0.193 e. The minimum atomic E-state index is 0. The summed E-state index contributed by atoms with van der Waals surface area (Å²) in [4.78, 5) is 6.94. The maximum Gasteiger partial charge on any atom is 0.193 e. The molecule has 1 unspecified atom stereocenters. The Morgan fingerprint density at radius 1 is 1.22 bits per heavy atom. The van der Waals surface area contributed by atoms with Gasteiger partial charge in [-0.25, -0.2) is 0 Å². The number of rotatable bonds is 5. The van der Waals surface area contributed by atoms with Crippen molar-refractivity contribution in [3.05, 3.63) is 53.6 Å². The molecule has 6 heteroatoms. The van der Waals surface area contributed by atoms with Crippen LogP contribution in [-0.4, -0.2) is 32.7 Å². The zero-order chi connectivity index (χ0) is 18.5. The summed E-state index contributed by atoms with van der Waals surface area (Å²) in [6, 6.07) is 14.5. The second-order valence-corrected chi connectivity index (χ2v) is 7.03. The molecule has 0 radical (unpaired) electrons. The Bertz CT molecular complexity index is 773. The van der Waals surface area contributed by atoms with Crippen LogP contribution in [0.1, 0.15) is 17.5 Å². The van der Waals surface area contributed by atoms with E-state index in [0.717, 1.165) is 37.5 Å². The Morgan fingerprint density at radius 3 is 2.67 bits per heavy atom. The Kier molecular flexibility index (Phi) is 7.77. The molecule has 2 aromatic carbocycles. The third-order valence-electron chi connectivity index (χ3n) is 4.72. The number of ether oxygens (including phenoxy) is 1. The Balaban J connectivity index is 0.00000261. The van der Waals surface area contributed by atoms with Gasteiger partial charge in [0.05, 0.1) is 7.11 Å². The quantitative estimate of drug-likeness (QED) is 0.383. The number of halogens is 1. The number of methoxy groups -OCH3 is 1. The number of guanidine groups is 1. The first-order valence-corrected chi connectivity index (χ1v) is 9.08. The van der Waals surface area contributed by atoms with Crippen molar-refractivity contribution < 1.29 is 4.74 Å². The molecule has 2 aromatic rings. The van der Waals surface area contributed by atoms with Crippen molar-refractivity contribution in [2.45, 2.75) is 20.3 Å². The van der Waals surface area contributed by atoms with Gasteiger partial charge in [-0.1, -0.05) is 12.1 Å². The first kappa shape index (κ1) is 21.3. The van der Waals surface area contributed by atoms with Crippen LogP contribution in [0.15, 0.2) is 47.5 Å². The molecule has 5 nitrogen and oxygen atoms in total. The minimum Gasteiger partial charge on any atom is -0.497 e. The summed E-state index contributed by atoms with van der Waals surface area (Å²) in [5.74, 6) is 1.89. The summed E-state index contributed by atoms with van der Waals surface area (Å²) in [5.41, 5.74) is 10.7. The van der Waals surface area contributed by atoms with Crippen molar-refractivity contribution in [1.29, 1.82) is 0 Å². The van der Waals surface area contributed by atoms with Gasteiger partial charge in [-0.15, -0.1) is 24.0 Å². The SMILES string of the molecule is COc1cccc(N2CCC(CN=C(N)Nc3cc(C)cc(C)c3)C2)c1.I. The van der Waals surface area contributed by atoms with Gasteiger partial charge in [-0.3, -0.25) is 4.99 Å². The summed E-state index contributed by atoms with van der Waals surface area (Å²) in [7, 11) is 1.70. The van der Waals surface area contributed by atoms with Gasteiger partial charge in [0.25, 0.3) is 0 Å². The molecular weight excluding hydrogens is 451 g/mol. The molecule has 0 bridgehead atoms. The number of anilines is 2. The van der Waals surface area contributed by atoms with Gasteiger partial charge in [-0.05, 0) is 61.6 Å². The lowest BCUT2D eigenvalue weighted by Gasteiger charge is -2.19. The third kappa shape index (κ3) is 6.02. The molecule has 0 amide bonds. The van der Waals surface area contributed by atoms with E-state index in [2.05, 4.69) is 59.4 Å². The van der Waals surface area contributed by atoms with Crippen molar-refractivity contribution >= 4 is 41.3 Å². The second kappa shape index (κ2) is 9.82. The van der Waals surface area contributed by atoms with Crippen LogP contribution in [0.25, 0.3) is 0 Å². The van der Waals surface area contributed by atoms with Crippen LogP contribution in [0.4, 0.5) is 11.4 Å². The van der Waals surface area contributed by atoms with Gasteiger partial charge in [0.2, 0.25) is 0 Å². The number of nitrogens with one attached hydrogen (secondary N) is 1. The lowest BCUT2D eigenvalue weighted by Crippen LogP contribution is -2.25. The van der Waals surface area contributed by atoms with Crippen molar-refractivity contribution in [3.63, 3.8) is 0 Å². The highest BCUT2D eigenvalue weighted by molar-refractivity contribution is 14.0. The number of nitrogens with zero attached hydrogens (tertiary/aromatic N) is 2. The highest BCUT2D eigenvalue weighted by Gasteiger charge is 2.22. The molecule has 1 fully saturated rings. The largest absolute Gasteiger partial charge is 0.497 e. The lowest BCUT2D eigenvalue weighted by atomic mass is 10.1. The van der Waals surface area contributed by atoms with Crippen molar-refractivity contribution in [1.82, 2.24) is 0 Å². The number of nitrogens with two attached hydrogens (primary N) is 1. The van der Waals surface area contributed by atoms with Crippen LogP contribution in [-0.2, 0) is 0 Å². The van der Waals surface area contributed by atoms with Crippen molar-refractivity contribution in [3.8, 4) is 5.75 Å². The monoisotopic (exact) mass is 480 g/mol. The molecule has 146 valence electrons.